The average Bonchev–Trinajstić information content (AvgIpc) is 3.30. The molecule has 0 radical (unpaired) electrons. The topological polar surface area (TPSA) is 92.9 Å². The van der Waals surface area contributed by atoms with E-state index in [2.05, 4.69) is 4.98 Å². The molecule has 0 aromatic carbocycles. The molecule has 7 nitrogen and oxygen atoms in total. The Hall–Kier alpha value is -1.89. The Kier molecular flexibility index (Phi) is 3.86. The lowest BCUT2D eigenvalue weighted by molar-refractivity contribution is 0.00857. The van der Waals surface area contributed by atoms with Crippen molar-refractivity contribution in [2.45, 2.75) is 71.1 Å². The summed E-state index contributed by atoms with van der Waals surface area (Å²) >= 11 is 0. The normalized spacial score (nSPS) is 34.2. The second kappa shape index (κ2) is 6.06. The Morgan fingerprint density at radius 3 is 2.48 bits per heavy atom. The predicted octanol–water partition coefficient (Wildman–Crippen LogP) is 1.83. The molecule has 27 heavy (non-hydrogen) atoms. The lowest BCUT2D eigenvalue weighted by Gasteiger charge is -2.36. The Morgan fingerprint density at radius 2 is 1.74 bits per heavy atom. The number of hydrogen-bond donors (Lipinski definition) is 2. The summed E-state index contributed by atoms with van der Waals surface area (Å²) in [6.45, 7) is 4.95. The first kappa shape index (κ1) is 17.2. The van der Waals surface area contributed by atoms with Gasteiger partial charge in [0, 0.05) is 19.0 Å². The summed E-state index contributed by atoms with van der Waals surface area (Å²) in [5, 5.41) is 10.7. The molecule has 146 valence electrons. The van der Waals surface area contributed by atoms with Crippen molar-refractivity contribution >= 4 is 11.2 Å². The van der Waals surface area contributed by atoms with Crippen molar-refractivity contribution in [3.05, 3.63) is 26.7 Å². The maximum atomic E-state index is 12.9. The van der Waals surface area contributed by atoms with E-state index in [0.29, 0.717) is 42.0 Å². The second-order valence-electron chi connectivity index (χ2n) is 8.78. The van der Waals surface area contributed by atoms with Crippen LogP contribution in [0.4, 0.5) is 0 Å². The Labute approximate surface area is 157 Å². The van der Waals surface area contributed by atoms with E-state index in [1.165, 1.54) is 4.57 Å². The molecule has 0 saturated heterocycles. The maximum absolute atomic E-state index is 12.9. The van der Waals surface area contributed by atoms with Crippen LogP contribution in [0, 0.1) is 23.7 Å². The molecule has 2 aromatic rings. The number of aromatic amines is 1. The van der Waals surface area contributed by atoms with Crippen molar-refractivity contribution in [2.24, 2.45) is 23.7 Å². The van der Waals surface area contributed by atoms with Crippen molar-refractivity contribution in [3.8, 4) is 0 Å². The molecule has 4 saturated carbocycles. The average molecular weight is 372 g/mol. The molecule has 4 aliphatic carbocycles. The van der Waals surface area contributed by atoms with Crippen molar-refractivity contribution in [2.75, 3.05) is 0 Å². The zero-order valence-corrected chi connectivity index (χ0v) is 16.0. The smallest absolute Gasteiger partial charge is 0.332 e. The molecule has 2 aromatic heterocycles. The molecule has 2 N–H and O–H groups in total. The van der Waals surface area contributed by atoms with E-state index < -0.39 is 0 Å². The number of aromatic nitrogens is 4. The van der Waals surface area contributed by atoms with Crippen LogP contribution in [0.1, 0.15) is 57.7 Å². The third kappa shape index (κ3) is 2.27. The number of rotatable bonds is 5. The summed E-state index contributed by atoms with van der Waals surface area (Å²) in [6.07, 6.45) is 4.53. The molecule has 6 rings (SSSR count). The fourth-order valence-electron chi connectivity index (χ4n) is 6.30. The first-order chi connectivity index (χ1) is 13.0. The van der Waals surface area contributed by atoms with E-state index in [1.54, 1.807) is 4.57 Å². The van der Waals surface area contributed by atoms with E-state index in [1.807, 2.05) is 13.8 Å². The minimum absolute atomic E-state index is 0.181. The van der Waals surface area contributed by atoms with E-state index in [-0.39, 0.29) is 29.2 Å². The van der Waals surface area contributed by atoms with E-state index >= 15 is 0 Å². The van der Waals surface area contributed by atoms with Crippen LogP contribution in [0.15, 0.2) is 9.59 Å². The molecular weight excluding hydrogens is 344 g/mol. The van der Waals surface area contributed by atoms with Gasteiger partial charge in [-0.25, -0.2) is 9.78 Å². The molecule has 4 aliphatic rings. The highest BCUT2D eigenvalue weighted by Crippen LogP contribution is 2.63. The standard InChI is InChI=1S/C20H28N4O3/c1-3-5-23-18-15(19(26)24(6-4-2)20(23)27)21-17(22-18)14-12-9-11-7-10(12)8-13(14)16(11)25/h10-14,16,25H,3-9H2,1-2H3,(H,21,22). The number of fused-ring (bicyclic) bond motifs is 1. The van der Waals surface area contributed by atoms with Gasteiger partial charge in [0.05, 0.1) is 6.10 Å². The van der Waals surface area contributed by atoms with Crippen LogP contribution in [0.25, 0.3) is 11.2 Å². The van der Waals surface area contributed by atoms with Gasteiger partial charge in [-0.05, 0) is 55.8 Å². The van der Waals surface area contributed by atoms with Gasteiger partial charge < -0.3 is 10.1 Å². The van der Waals surface area contributed by atoms with Gasteiger partial charge in [-0.3, -0.25) is 13.9 Å². The van der Waals surface area contributed by atoms with Gasteiger partial charge in [0.15, 0.2) is 5.65 Å². The zero-order valence-electron chi connectivity index (χ0n) is 16.0. The quantitative estimate of drug-likeness (QED) is 0.837. The summed E-state index contributed by atoms with van der Waals surface area (Å²) in [6, 6.07) is 0. The highest BCUT2D eigenvalue weighted by Gasteiger charge is 2.59. The molecule has 4 fully saturated rings. The number of nitrogens with one attached hydrogen (secondary N) is 1. The Bertz CT molecular complexity index is 1000. The van der Waals surface area contributed by atoms with Crippen LogP contribution in [-0.4, -0.2) is 30.3 Å². The molecule has 7 heteroatoms. The number of nitrogens with zero attached hydrogens (tertiary/aromatic N) is 3. The number of aliphatic hydroxyl groups excluding tert-OH is 1. The van der Waals surface area contributed by atoms with E-state index in [9.17, 15) is 14.7 Å². The molecule has 0 amide bonds. The number of H-pyrrole nitrogens is 1. The summed E-state index contributed by atoms with van der Waals surface area (Å²) in [7, 11) is 0. The SMILES string of the molecule is CCCn1c(=O)c2[nH]c(C3C4CC5CC4CC3C5O)nc2n(CCC)c1=O. The van der Waals surface area contributed by atoms with Crippen LogP contribution < -0.4 is 11.2 Å². The summed E-state index contributed by atoms with van der Waals surface area (Å²) in [5.74, 6) is 2.89. The third-order valence-electron chi connectivity index (χ3n) is 7.29. The Balaban J connectivity index is 1.68. The number of aliphatic hydroxyl groups is 1. The van der Waals surface area contributed by atoms with Gasteiger partial charge in [-0.1, -0.05) is 13.8 Å². The number of hydrogen-bond acceptors (Lipinski definition) is 4. The minimum Gasteiger partial charge on any atom is -0.393 e. The molecule has 0 aliphatic heterocycles. The first-order valence-electron chi connectivity index (χ1n) is 10.5. The van der Waals surface area contributed by atoms with Crippen LogP contribution >= 0.6 is 0 Å². The molecule has 6 unspecified atom stereocenters. The highest BCUT2D eigenvalue weighted by atomic mass is 16.3. The number of aryl methyl sites for hydroxylation is 1. The Morgan fingerprint density at radius 1 is 1.04 bits per heavy atom. The largest absolute Gasteiger partial charge is 0.393 e. The third-order valence-corrected chi connectivity index (χ3v) is 7.29. The highest BCUT2D eigenvalue weighted by molar-refractivity contribution is 5.70. The lowest BCUT2D eigenvalue weighted by Crippen LogP contribution is -2.40. The fraction of sp³-hybridized carbons (Fsp3) is 0.750. The fourth-order valence-corrected chi connectivity index (χ4v) is 6.30. The van der Waals surface area contributed by atoms with Gasteiger partial charge in [0.1, 0.15) is 11.3 Å². The van der Waals surface area contributed by atoms with Crippen molar-refractivity contribution in [1.82, 2.24) is 19.1 Å². The summed E-state index contributed by atoms with van der Waals surface area (Å²) < 4.78 is 2.98. The van der Waals surface area contributed by atoms with Gasteiger partial charge >= 0.3 is 5.69 Å². The molecular formula is C20H28N4O3. The lowest BCUT2D eigenvalue weighted by atomic mass is 9.73. The first-order valence-corrected chi connectivity index (χ1v) is 10.5. The summed E-state index contributed by atoms with van der Waals surface area (Å²) in [5.41, 5.74) is 0.401. The van der Waals surface area contributed by atoms with Crippen molar-refractivity contribution in [3.63, 3.8) is 0 Å². The van der Waals surface area contributed by atoms with Crippen LogP contribution in [-0.2, 0) is 13.1 Å². The van der Waals surface area contributed by atoms with Crippen LogP contribution in [0.2, 0.25) is 0 Å². The van der Waals surface area contributed by atoms with Crippen molar-refractivity contribution < 1.29 is 5.11 Å². The van der Waals surface area contributed by atoms with Gasteiger partial charge in [0.25, 0.3) is 5.56 Å². The summed E-state index contributed by atoms with van der Waals surface area (Å²) in [4.78, 5) is 33.9. The van der Waals surface area contributed by atoms with E-state index in [4.69, 9.17) is 4.98 Å². The maximum Gasteiger partial charge on any atom is 0.332 e. The van der Waals surface area contributed by atoms with E-state index in [0.717, 1.165) is 37.9 Å². The second-order valence-corrected chi connectivity index (χ2v) is 8.78. The molecule has 0 spiro atoms. The predicted molar refractivity (Wildman–Crippen MR) is 102 cm³/mol. The number of imidazole rings is 1. The molecule has 6 atom stereocenters. The van der Waals surface area contributed by atoms with Gasteiger partial charge in [0.2, 0.25) is 0 Å². The van der Waals surface area contributed by atoms with Gasteiger partial charge in [-0.2, -0.15) is 0 Å². The van der Waals surface area contributed by atoms with Crippen LogP contribution in [0.5, 0.6) is 0 Å². The molecule has 2 heterocycles. The minimum atomic E-state index is -0.268. The monoisotopic (exact) mass is 372 g/mol. The molecule has 4 bridgehead atoms. The zero-order chi connectivity index (χ0) is 18.9. The van der Waals surface area contributed by atoms with Gasteiger partial charge in [-0.15, -0.1) is 0 Å². The van der Waals surface area contributed by atoms with Crippen LogP contribution in [0.3, 0.4) is 0 Å². The van der Waals surface area contributed by atoms with Crippen molar-refractivity contribution in [1.29, 1.82) is 0 Å².